The second-order valence-corrected chi connectivity index (χ2v) is 6.80. The molecular weight excluding hydrogens is 288 g/mol. The van der Waals surface area contributed by atoms with E-state index >= 15 is 0 Å². The number of methoxy groups -OCH3 is 1. The van der Waals surface area contributed by atoms with Gasteiger partial charge in [-0.25, -0.2) is 0 Å². The fourth-order valence-electron chi connectivity index (χ4n) is 1.38. The van der Waals surface area contributed by atoms with Crippen LogP contribution in [0.2, 0.25) is 0 Å². The van der Waals surface area contributed by atoms with E-state index in [4.69, 9.17) is 0 Å². The number of hydrogen-bond donors (Lipinski definition) is 1. The number of carbonyl (C=O) groups excluding carboxylic acids is 1. The lowest BCUT2D eigenvalue weighted by Gasteiger charge is -2.20. The lowest BCUT2D eigenvalue weighted by atomic mass is 10.3. The second kappa shape index (κ2) is 6.99. The highest BCUT2D eigenvalue weighted by Gasteiger charge is 2.21. The van der Waals surface area contributed by atoms with E-state index in [1.165, 1.54) is 25.5 Å². The van der Waals surface area contributed by atoms with Crippen molar-refractivity contribution in [1.82, 2.24) is 9.03 Å². The number of hydrogen-bond acceptors (Lipinski definition) is 5. The first-order valence-electron chi connectivity index (χ1n) is 5.70. The van der Waals surface area contributed by atoms with Crippen LogP contribution in [0.5, 0.6) is 0 Å². The maximum Gasteiger partial charge on any atom is 0.306 e. The van der Waals surface area contributed by atoms with E-state index in [1.54, 1.807) is 6.92 Å². The van der Waals surface area contributed by atoms with Crippen LogP contribution in [-0.2, 0) is 19.7 Å². The molecule has 1 atom stereocenters. The van der Waals surface area contributed by atoms with E-state index < -0.39 is 16.2 Å². The van der Waals surface area contributed by atoms with Crippen LogP contribution in [0.15, 0.2) is 17.5 Å². The first-order chi connectivity index (χ1) is 8.86. The molecule has 0 amide bonds. The number of thiophene rings is 1. The molecule has 108 valence electrons. The van der Waals surface area contributed by atoms with Crippen molar-refractivity contribution in [2.45, 2.75) is 19.4 Å². The van der Waals surface area contributed by atoms with Crippen LogP contribution in [0, 0.1) is 0 Å². The molecular formula is C11H18N2O4S2. The van der Waals surface area contributed by atoms with E-state index in [-0.39, 0.29) is 19.0 Å². The van der Waals surface area contributed by atoms with E-state index in [1.807, 2.05) is 17.5 Å². The second-order valence-electron chi connectivity index (χ2n) is 4.01. The van der Waals surface area contributed by atoms with Crippen molar-refractivity contribution in [3.63, 3.8) is 0 Å². The van der Waals surface area contributed by atoms with E-state index in [2.05, 4.69) is 9.46 Å². The third-order valence-electron chi connectivity index (χ3n) is 2.56. The van der Waals surface area contributed by atoms with Crippen LogP contribution in [0.25, 0.3) is 0 Å². The molecule has 6 nitrogen and oxygen atoms in total. The summed E-state index contributed by atoms with van der Waals surface area (Å²) < 4.78 is 32.1. The minimum atomic E-state index is -3.61. The van der Waals surface area contributed by atoms with Crippen molar-refractivity contribution in [1.29, 1.82) is 0 Å². The van der Waals surface area contributed by atoms with Gasteiger partial charge in [-0.3, -0.25) is 4.79 Å². The lowest BCUT2D eigenvalue weighted by molar-refractivity contribution is -0.140. The Labute approximate surface area is 117 Å². The fourth-order valence-corrected chi connectivity index (χ4v) is 3.27. The summed E-state index contributed by atoms with van der Waals surface area (Å²) in [5, 5.41) is 1.89. The van der Waals surface area contributed by atoms with Crippen LogP contribution in [0.4, 0.5) is 0 Å². The summed E-state index contributed by atoms with van der Waals surface area (Å²) in [5.41, 5.74) is 0. The van der Waals surface area contributed by atoms with Crippen LogP contribution in [0.3, 0.4) is 0 Å². The lowest BCUT2D eigenvalue weighted by Crippen LogP contribution is -2.40. The SMILES string of the molecule is COC(=O)CCN(C)S(=O)(=O)N[C@H](C)c1cccs1. The molecule has 1 aromatic heterocycles. The molecule has 0 aliphatic heterocycles. The third kappa shape index (κ3) is 4.90. The molecule has 0 unspecified atom stereocenters. The number of nitrogens with one attached hydrogen (secondary N) is 1. The molecule has 1 aromatic rings. The average molecular weight is 306 g/mol. The Bertz CT molecular complexity index is 499. The van der Waals surface area contributed by atoms with Gasteiger partial charge in [-0.1, -0.05) is 6.07 Å². The molecule has 1 rings (SSSR count). The van der Waals surface area contributed by atoms with Crippen molar-refractivity contribution in [3.8, 4) is 0 Å². The van der Waals surface area contributed by atoms with Gasteiger partial charge in [0.2, 0.25) is 0 Å². The first-order valence-corrected chi connectivity index (χ1v) is 8.02. The van der Waals surface area contributed by atoms with Crippen molar-refractivity contribution < 1.29 is 17.9 Å². The van der Waals surface area contributed by atoms with Gasteiger partial charge >= 0.3 is 5.97 Å². The molecule has 0 fully saturated rings. The summed E-state index contributed by atoms with van der Waals surface area (Å²) in [6, 6.07) is 3.43. The Kier molecular flexibility index (Phi) is 5.92. The molecule has 0 bridgehead atoms. The summed E-state index contributed by atoms with van der Waals surface area (Å²) in [6.45, 7) is 1.86. The van der Waals surface area contributed by atoms with Crippen LogP contribution >= 0.6 is 11.3 Å². The topological polar surface area (TPSA) is 75.7 Å². The van der Waals surface area contributed by atoms with Gasteiger partial charge in [-0.15, -0.1) is 11.3 Å². The standard InChI is InChI=1S/C11H18N2O4S2/c1-9(10-5-4-8-18-10)12-19(15,16)13(2)7-6-11(14)17-3/h4-5,8-9,12H,6-7H2,1-3H3/t9-/m1/s1. The summed E-state index contributed by atoms with van der Waals surface area (Å²) in [7, 11) is -0.912. The predicted molar refractivity (Wildman–Crippen MR) is 74.1 cm³/mol. The molecule has 1 N–H and O–H groups in total. The van der Waals surface area contributed by atoms with E-state index in [9.17, 15) is 13.2 Å². The molecule has 0 aliphatic carbocycles. The zero-order chi connectivity index (χ0) is 14.5. The van der Waals surface area contributed by atoms with Crippen LogP contribution < -0.4 is 4.72 Å². The van der Waals surface area contributed by atoms with Gasteiger partial charge in [0, 0.05) is 18.5 Å². The van der Waals surface area contributed by atoms with Gasteiger partial charge in [0.05, 0.1) is 19.6 Å². The summed E-state index contributed by atoms with van der Waals surface area (Å²) in [4.78, 5) is 11.9. The molecule has 0 aliphatic rings. The Morgan fingerprint density at radius 3 is 2.79 bits per heavy atom. The highest BCUT2D eigenvalue weighted by atomic mass is 32.2. The van der Waals surface area contributed by atoms with Gasteiger partial charge < -0.3 is 4.74 Å². The molecule has 1 heterocycles. The predicted octanol–water partition coefficient (Wildman–Crippen LogP) is 1.14. The molecule has 8 heteroatoms. The van der Waals surface area contributed by atoms with Gasteiger partial charge in [-0.05, 0) is 18.4 Å². The average Bonchev–Trinajstić information content (AvgIpc) is 2.88. The van der Waals surface area contributed by atoms with Gasteiger partial charge in [0.25, 0.3) is 10.2 Å². The maximum absolute atomic E-state index is 12.0. The number of nitrogens with zero attached hydrogens (tertiary/aromatic N) is 1. The molecule has 0 saturated carbocycles. The van der Waals surface area contributed by atoms with Crippen molar-refractivity contribution in [2.75, 3.05) is 20.7 Å². The highest BCUT2D eigenvalue weighted by Crippen LogP contribution is 2.19. The summed E-state index contributed by atoms with van der Waals surface area (Å²) in [5.74, 6) is -0.437. The number of carbonyl (C=O) groups is 1. The minimum absolute atomic E-state index is 0.0291. The minimum Gasteiger partial charge on any atom is -0.469 e. The number of rotatable bonds is 7. The molecule has 0 aromatic carbocycles. The summed E-state index contributed by atoms with van der Waals surface area (Å²) >= 11 is 1.49. The highest BCUT2D eigenvalue weighted by molar-refractivity contribution is 7.87. The van der Waals surface area contributed by atoms with Gasteiger partial charge in [0.1, 0.15) is 0 Å². The Hall–Kier alpha value is -0.960. The van der Waals surface area contributed by atoms with Crippen molar-refractivity contribution >= 4 is 27.5 Å². The molecule has 0 radical (unpaired) electrons. The third-order valence-corrected chi connectivity index (χ3v) is 5.27. The zero-order valence-corrected chi connectivity index (χ0v) is 12.8. The van der Waals surface area contributed by atoms with Crippen molar-refractivity contribution in [3.05, 3.63) is 22.4 Å². The van der Waals surface area contributed by atoms with Gasteiger partial charge in [0.15, 0.2) is 0 Å². The van der Waals surface area contributed by atoms with Crippen molar-refractivity contribution in [2.24, 2.45) is 0 Å². The molecule has 0 saturated heterocycles. The van der Waals surface area contributed by atoms with E-state index in [0.717, 1.165) is 9.18 Å². The Morgan fingerprint density at radius 2 is 2.26 bits per heavy atom. The molecule has 19 heavy (non-hydrogen) atoms. The smallest absolute Gasteiger partial charge is 0.306 e. The quantitative estimate of drug-likeness (QED) is 0.766. The summed E-state index contributed by atoms with van der Waals surface area (Å²) in [6.07, 6.45) is 0.0291. The largest absolute Gasteiger partial charge is 0.469 e. The zero-order valence-electron chi connectivity index (χ0n) is 11.1. The molecule has 0 spiro atoms. The first kappa shape index (κ1) is 16.1. The Morgan fingerprint density at radius 1 is 1.58 bits per heavy atom. The monoisotopic (exact) mass is 306 g/mol. The number of ether oxygens (including phenoxy) is 1. The fraction of sp³-hybridized carbons (Fsp3) is 0.545. The van der Waals surface area contributed by atoms with Crippen LogP contribution in [-0.4, -0.2) is 39.4 Å². The van der Waals surface area contributed by atoms with Gasteiger partial charge in [-0.2, -0.15) is 17.4 Å². The van der Waals surface area contributed by atoms with Crippen LogP contribution in [0.1, 0.15) is 24.3 Å². The Balaban J connectivity index is 2.57. The maximum atomic E-state index is 12.0. The normalized spacial score (nSPS) is 13.5. The van der Waals surface area contributed by atoms with E-state index in [0.29, 0.717) is 0 Å². The number of esters is 1.